The number of methoxy groups -OCH3 is 2. The summed E-state index contributed by atoms with van der Waals surface area (Å²) in [5.41, 5.74) is 3.25. The molecule has 0 spiro atoms. The van der Waals surface area contributed by atoms with E-state index in [0.29, 0.717) is 17.1 Å². The zero-order valence-electron chi connectivity index (χ0n) is 11.7. The highest BCUT2D eigenvalue weighted by molar-refractivity contribution is 5.69. The molecule has 1 N–H and O–H groups in total. The molecule has 102 valence electrons. The average Bonchev–Trinajstić information content (AvgIpc) is 2.47. The van der Waals surface area contributed by atoms with Crippen LogP contribution in [0, 0.1) is 18.3 Å². The third kappa shape index (κ3) is 3.01. The summed E-state index contributed by atoms with van der Waals surface area (Å²) in [7, 11) is 3.21. The maximum Gasteiger partial charge on any atom is 0.124 e. The van der Waals surface area contributed by atoms with E-state index >= 15 is 0 Å². The minimum Gasteiger partial charge on any atom is -0.497 e. The zero-order valence-corrected chi connectivity index (χ0v) is 11.7. The van der Waals surface area contributed by atoms with Crippen molar-refractivity contribution < 1.29 is 9.47 Å². The van der Waals surface area contributed by atoms with Crippen molar-refractivity contribution in [2.24, 2.45) is 0 Å². The number of rotatable bonds is 4. The van der Waals surface area contributed by atoms with E-state index in [4.69, 9.17) is 14.7 Å². The van der Waals surface area contributed by atoms with Crippen LogP contribution in [0.3, 0.4) is 0 Å². The molecule has 0 aliphatic carbocycles. The van der Waals surface area contributed by atoms with E-state index in [1.807, 2.05) is 31.2 Å². The smallest absolute Gasteiger partial charge is 0.124 e. The predicted octanol–water partition coefficient (Wildman–Crippen LogP) is 3.63. The molecule has 2 rings (SSSR count). The van der Waals surface area contributed by atoms with Crippen molar-refractivity contribution in [2.45, 2.75) is 6.92 Å². The van der Waals surface area contributed by atoms with E-state index in [2.05, 4.69) is 11.4 Å². The number of hydrogen-bond acceptors (Lipinski definition) is 4. The first-order valence-corrected chi connectivity index (χ1v) is 6.17. The molecule has 0 aliphatic rings. The van der Waals surface area contributed by atoms with Crippen LogP contribution >= 0.6 is 0 Å². The second kappa shape index (κ2) is 5.98. The monoisotopic (exact) mass is 268 g/mol. The molecule has 0 fully saturated rings. The first-order chi connectivity index (χ1) is 9.66. The van der Waals surface area contributed by atoms with Gasteiger partial charge in [-0.2, -0.15) is 5.26 Å². The summed E-state index contributed by atoms with van der Waals surface area (Å²) in [6.07, 6.45) is 0. The van der Waals surface area contributed by atoms with Crippen molar-refractivity contribution >= 4 is 11.4 Å². The fraction of sp³-hybridized carbons (Fsp3) is 0.188. The number of anilines is 2. The van der Waals surface area contributed by atoms with Gasteiger partial charge < -0.3 is 14.8 Å². The lowest BCUT2D eigenvalue weighted by molar-refractivity contribution is 0.395. The van der Waals surface area contributed by atoms with E-state index in [1.54, 1.807) is 26.4 Å². The SMILES string of the molecule is COc1cc(Nc2cc(C)ccc2C#N)cc(OC)c1. The van der Waals surface area contributed by atoms with Crippen LogP contribution in [0.2, 0.25) is 0 Å². The van der Waals surface area contributed by atoms with E-state index < -0.39 is 0 Å². The van der Waals surface area contributed by atoms with Crippen molar-refractivity contribution in [1.82, 2.24) is 0 Å². The molecule has 2 aromatic rings. The van der Waals surface area contributed by atoms with E-state index in [9.17, 15) is 0 Å². The third-order valence-corrected chi connectivity index (χ3v) is 2.93. The van der Waals surface area contributed by atoms with Crippen molar-refractivity contribution in [3.05, 3.63) is 47.5 Å². The molecule has 4 nitrogen and oxygen atoms in total. The Morgan fingerprint density at radius 3 is 2.20 bits per heavy atom. The Morgan fingerprint density at radius 1 is 1.00 bits per heavy atom. The Labute approximate surface area is 118 Å². The van der Waals surface area contributed by atoms with Crippen LogP contribution in [0.15, 0.2) is 36.4 Å². The minimum absolute atomic E-state index is 0.595. The largest absolute Gasteiger partial charge is 0.497 e. The molecule has 0 amide bonds. The zero-order chi connectivity index (χ0) is 14.5. The van der Waals surface area contributed by atoms with Gasteiger partial charge in [-0.05, 0) is 24.6 Å². The summed E-state index contributed by atoms with van der Waals surface area (Å²) < 4.78 is 10.5. The molecule has 20 heavy (non-hydrogen) atoms. The molecule has 0 unspecified atom stereocenters. The number of nitrogens with zero attached hydrogens (tertiary/aromatic N) is 1. The van der Waals surface area contributed by atoms with Gasteiger partial charge in [0, 0.05) is 23.9 Å². The lowest BCUT2D eigenvalue weighted by Crippen LogP contribution is -1.96. The van der Waals surface area contributed by atoms with Crippen LogP contribution in [0.1, 0.15) is 11.1 Å². The van der Waals surface area contributed by atoms with Gasteiger partial charge in [-0.1, -0.05) is 6.07 Å². The molecular formula is C16H16N2O2. The van der Waals surface area contributed by atoms with Crippen molar-refractivity contribution in [1.29, 1.82) is 5.26 Å². The Bertz CT molecular complexity index is 638. The molecule has 4 heteroatoms. The van der Waals surface area contributed by atoms with Crippen molar-refractivity contribution in [2.75, 3.05) is 19.5 Å². The lowest BCUT2D eigenvalue weighted by Gasteiger charge is -2.12. The van der Waals surface area contributed by atoms with Gasteiger partial charge in [-0.25, -0.2) is 0 Å². The number of ether oxygens (including phenoxy) is 2. The summed E-state index contributed by atoms with van der Waals surface area (Å²) in [4.78, 5) is 0. The fourth-order valence-electron chi connectivity index (χ4n) is 1.89. The molecule has 0 aliphatic heterocycles. The molecule has 0 aromatic heterocycles. The fourth-order valence-corrected chi connectivity index (χ4v) is 1.89. The summed E-state index contributed by atoms with van der Waals surface area (Å²) in [6, 6.07) is 13.3. The molecule has 0 heterocycles. The number of nitriles is 1. The van der Waals surface area contributed by atoms with Crippen LogP contribution in [-0.4, -0.2) is 14.2 Å². The Morgan fingerprint density at radius 2 is 1.65 bits per heavy atom. The molecule has 0 radical (unpaired) electrons. The summed E-state index contributed by atoms with van der Waals surface area (Å²) >= 11 is 0. The predicted molar refractivity (Wildman–Crippen MR) is 78.7 cm³/mol. The average molecular weight is 268 g/mol. The number of hydrogen-bond donors (Lipinski definition) is 1. The van der Waals surface area contributed by atoms with Crippen LogP contribution in [0.4, 0.5) is 11.4 Å². The van der Waals surface area contributed by atoms with Gasteiger partial charge >= 0.3 is 0 Å². The number of nitrogens with one attached hydrogen (secondary N) is 1. The van der Waals surface area contributed by atoms with Crippen molar-refractivity contribution in [3.63, 3.8) is 0 Å². The van der Waals surface area contributed by atoms with Crippen LogP contribution in [-0.2, 0) is 0 Å². The molecule has 0 saturated heterocycles. The highest BCUT2D eigenvalue weighted by Crippen LogP contribution is 2.29. The molecular weight excluding hydrogens is 252 g/mol. The number of aryl methyl sites for hydroxylation is 1. The van der Waals surface area contributed by atoms with Crippen LogP contribution in [0.5, 0.6) is 11.5 Å². The summed E-state index contributed by atoms with van der Waals surface area (Å²) in [5, 5.41) is 12.4. The van der Waals surface area contributed by atoms with Crippen LogP contribution < -0.4 is 14.8 Å². The molecule has 0 atom stereocenters. The summed E-state index contributed by atoms with van der Waals surface area (Å²) in [5.74, 6) is 1.39. The molecule has 0 bridgehead atoms. The van der Waals surface area contributed by atoms with Crippen molar-refractivity contribution in [3.8, 4) is 17.6 Å². The van der Waals surface area contributed by atoms with Gasteiger partial charge in [-0.15, -0.1) is 0 Å². The Hall–Kier alpha value is -2.67. The first kappa shape index (κ1) is 13.8. The second-order valence-electron chi connectivity index (χ2n) is 4.39. The van der Waals surface area contributed by atoms with E-state index in [1.165, 1.54) is 0 Å². The van der Waals surface area contributed by atoms with Gasteiger partial charge in [0.05, 0.1) is 25.5 Å². The van der Waals surface area contributed by atoms with Gasteiger partial charge in [0.15, 0.2) is 0 Å². The van der Waals surface area contributed by atoms with E-state index in [0.717, 1.165) is 16.9 Å². The number of benzene rings is 2. The highest BCUT2D eigenvalue weighted by atomic mass is 16.5. The molecule has 2 aromatic carbocycles. The maximum atomic E-state index is 9.15. The highest BCUT2D eigenvalue weighted by Gasteiger charge is 2.06. The van der Waals surface area contributed by atoms with Gasteiger partial charge in [0.2, 0.25) is 0 Å². The molecule has 0 saturated carbocycles. The Kier molecular flexibility index (Phi) is 4.11. The van der Waals surface area contributed by atoms with Gasteiger partial charge in [0.25, 0.3) is 0 Å². The summed E-state index contributed by atoms with van der Waals surface area (Å²) in [6.45, 7) is 1.98. The van der Waals surface area contributed by atoms with E-state index in [-0.39, 0.29) is 0 Å². The lowest BCUT2D eigenvalue weighted by atomic mass is 10.1. The van der Waals surface area contributed by atoms with Gasteiger partial charge in [-0.3, -0.25) is 0 Å². The third-order valence-electron chi connectivity index (χ3n) is 2.93. The maximum absolute atomic E-state index is 9.15. The Balaban J connectivity index is 2.39. The normalized spacial score (nSPS) is 9.70. The standard InChI is InChI=1S/C16H16N2O2/c1-11-4-5-12(10-17)16(6-11)18-13-7-14(19-2)9-15(8-13)20-3/h4-9,18H,1-3H3. The minimum atomic E-state index is 0.595. The topological polar surface area (TPSA) is 54.3 Å². The quantitative estimate of drug-likeness (QED) is 0.920. The van der Waals surface area contributed by atoms with Gasteiger partial charge in [0.1, 0.15) is 17.6 Å². The van der Waals surface area contributed by atoms with Crippen LogP contribution in [0.25, 0.3) is 0 Å². The first-order valence-electron chi connectivity index (χ1n) is 6.17. The second-order valence-corrected chi connectivity index (χ2v) is 4.39.